The quantitative estimate of drug-likeness (QED) is 0.489. The van der Waals surface area contributed by atoms with Gasteiger partial charge >= 0.3 is 5.69 Å². The maximum atomic E-state index is 13.4. The van der Waals surface area contributed by atoms with E-state index >= 15 is 0 Å². The van der Waals surface area contributed by atoms with E-state index in [0.29, 0.717) is 18.5 Å². The van der Waals surface area contributed by atoms with E-state index in [1.165, 1.54) is 4.57 Å². The fourth-order valence-corrected chi connectivity index (χ4v) is 4.27. The molecule has 5 nitrogen and oxygen atoms in total. The smallest absolute Gasteiger partial charge is 0.308 e. The molecule has 0 amide bonds. The minimum absolute atomic E-state index is 0.208. The highest BCUT2D eigenvalue weighted by atomic mass is 16.2. The van der Waals surface area contributed by atoms with E-state index < -0.39 is 0 Å². The van der Waals surface area contributed by atoms with Gasteiger partial charge in [-0.1, -0.05) is 30.3 Å². The highest BCUT2D eigenvalue weighted by molar-refractivity contribution is 6.23. The van der Waals surface area contributed by atoms with Gasteiger partial charge in [-0.3, -0.25) is 13.8 Å². The largest absolute Gasteiger partial charge is 0.336 e. The molecule has 0 spiro atoms. The van der Waals surface area contributed by atoms with Crippen LogP contribution in [-0.2, 0) is 6.54 Å². The third-order valence-corrected chi connectivity index (χ3v) is 5.56. The van der Waals surface area contributed by atoms with Crippen molar-refractivity contribution in [3.05, 3.63) is 74.9 Å². The van der Waals surface area contributed by atoms with E-state index in [0.717, 1.165) is 38.1 Å². The van der Waals surface area contributed by atoms with Crippen molar-refractivity contribution in [2.24, 2.45) is 0 Å². The lowest BCUT2D eigenvalue weighted by Crippen LogP contribution is -2.39. The summed E-state index contributed by atoms with van der Waals surface area (Å²) < 4.78 is 3.10. The van der Waals surface area contributed by atoms with Crippen molar-refractivity contribution in [3.8, 4) is 0 Å². The highest BCUT2D eigenvalue weighted by Gasteiger charge is 2.20. The topological polar surface area (TPSA) is 46.7 Å². The molecule has 0 saturated heterocycles. The van der Waals surface area contributed by atoms with E-state index in [1.807, 2.05) is 56.3 Å². The predicted octanol–water partition coefficient (Wildman–Crippen LogP) is 3.23. The average molecular weight is 371 g/mol. The van der Waals surface area contributed by atoms with Crippen LogP contribution in [0.1, 0.15) is 5.56 Å². The molecule has 28 heavy (non-hydrogen) atoms. The van der Waals surface area contributed by atoms with Crippen LogP contribution in [-0.4, -0.2) is 34.5 Å². The molecular formula is C23H21N3O2. The number of aromatic nitrogens is 2. The number of aryl methyl sites for hydroxylation is 1. The molecule has 0 aliphatic rings. The number of rotatable bonds is 3. The molecule has 5 rings (SSSR count). The second-order valence-corrected chi connectivity index (χ2v) is 7.77. The van der Waals surface area contributed by atoms with Gasteiger partial charge in [0.1, 0.15) is 0 Å². The van der Waals surface area contributed by atoms with Crippen LogP contribution in [0.3, 0.4) is 0 Å². The first-order chi connectivity index (χ1) is 13.5. The molecule has 0 fully saturated rings. The molecule has 0 saturated carbocycles. The number of hydrogen-bond donors (Lipinski definition) is 0. The Balaban J connectivity index is 2.06. The fourth-order valence-electron chi connectivity index (χ4n) is 4.27. The summed E-state index contributed by atoms with van der Waals surface area (Å²) in [4.78, 5) is 28.5. The normalized spacial score (nSPS) is 12.3. The maximum Gasteiger partial charge on any atom is 0.336 e. The number of hydrogen-bond acceptors (Lipinski definition) is 3. The number of nitrogens with zero attached hydrogens (tertiary/aromatic N) is 3. The van der Waals surface area contributed by atoms with Crippen molar-refractivity contribution < 1.29 is 0 Å². The summed E-state index contributed by atoms with van der Waals surface area (Å²) in [5.41, 5.74) is 2.13. The Bertz CT molecular complexity index is 1490. The Morgan fingerprint density at radius 2 is 1.68 bits per heavy atom. The molecule has 3 aromatic carbocycles. The Kier molecular flexibility index (Phi) is 3.58. The highest BCUT2D eigenvalue weighted by Crippen LogP contribution is 2.35. The molecule has 0 atom stereocenters. The summed E-state index contributed by atoms with van der Waals surface area (Å²) in [6, 6.07) is 16.2. The molecule has 2 aromatic heterocycles. The van der Waals surface area contributed by atoms with Crippen LogP contribution >= 0.6 is 0 Å². The fraction of sp³-hybridized carbons (Fsp3) is 0.217. The van der Waals surface area contributed by atoms with Crippen LogP contribution in [0.2, 0.25) is 0 Å². The van der Waals surface area contributed by atoms with Gasteiger partial charge in [-0.2, -0.15) is 0 Å². The summed E-state index contributed by atoms with van der Waals surface area (Å²) in [7, 11) is 3.87. The van der Waals surface area contributed by atoms with Crippen LogP contribution in [0.5, 0.6) is 0 Å². The van der Waals surface area contributed by atoms with Gasteiger partial charge in [-0.05, 0) is 55.6 Å². The van der Waals surface area contributed by atoms with E-state index in [4.69, 9.17) is 0 Å². The SMILES string of the molecule is Cc1cc2c(=O)n(CCN(C)C)c(=O)n3c4ccc5ccccc5c4c(c1)c23. The third kappa shape index (κ3) is 2.23. The Hall–Kier alpha value is -3.18. The van der Waals surface area contributed by atoms with Crippen LogP contribution in [0.25, 0.3) is 38.0 Å². The van der Waals surface area contributed by atoms with Crippen molar-refractivity contribution in [2.45, 2.75) is 13.5 Å². The summed E-state index contributed by atoms with van der Waals surface area (Å²) in [6.45, 7) is 2.99. The Morgan fingerprint density at radius 1 is 0.929 bits per heavy atom. The van der Waals surface area contributed by atoms with Gasteiger partial charge < -0.3 is 4.90 Å². The molecular weight excluding hydrogens is 350 g/mol. The molecule has 0 aliphatic heterocycles. The summed E-state index contributed by atoms with van der Waals surface area (Å²) in [6.07, 6.45) is 0. The third-order valence-electron chi connectivity index (χ3n) is 5.56. The second-order valence-electron chi connectivity index (χ2n) is 7.77. The zero-order valence-electron chi connectivity index (χ0n) is 16.2. The molecule has 2 heterocycles. The molecule has 0 bridgehead atoms. The summed E-state index contributed by atoms with van der Waals surface area (Å²) in [5.74, 6) is 0. The van der Waals surface area contributed by atoms with E-state index in [1.54, 1.807) is 4.40 Å². The lowest BCUT2D eigenvalue weighted by atomic mass is 10.0. The van der Waals surface area contributed by atoms with Crippen LogP contribution < -0.4 is 11.2 Å². The first kappa shape index (κ1) is 17.0. The van der Waals surface area contributed by atoms with E-state index in [-0.39, 0.29) is 11.2 Å². The van der Waals surface area contributed by atoms with Crippen LogP contribution in [0.4, 0.5) is 0 Å². The zero-order valence-corrected chi connectivity index (χ0v) is 16.2. The standard InChI is InChI=1S/C23H21N3O2/c1-14-12-17-20-16-7-5-4-6-15(16)8-9-19(20)26-21(17)18(13-14)22(27)25(23(26)28)11-10-24(2)3/h4-9,12-13H,10-11H2,1-3H3. The molecule has 0 unspecified atom stereocenters. The lowest BCUT2D eigenvalue weighted by Gasteiger charge is -2.12. The maximum absolute atomic E-state index is 13.4. The predicted molar refractivity (Wildman–Crippen MR) is 115 cm³/mol. The van der Waals surface area contributed by atoms with Crippen LogP contribution in [0, 0.1) is 6.92 Å². The summed E-state index contributed by atoms with van der Waals surface area (Å²) in [5, 5.41) is 4.83. The van der Waals surface area contributed by atoms with Gasteiger partial charge in [0.25, 0.3) is 5.56 Å². The van der Waals surface area contributed by atoms with Gasteiger partial charge in [0.15, 0.2) is 0 Å². The Labute approximate surface area is 161 Å². The van der Waals surface area contributed by atoms with Crippen LogP contribution in [0.15, 0.2) is 58.1 Å². The van der Waals surface area contributed by atoms with Crippen molar-refractivity contribution in [2.75, 3.05) is 20.6 Å². The van der Waals surface area contributed by atoms with Crippen molar-refractivity contribution in [1.82, 2.24) is 13.9 Å². The Morgan fingerprint density at radius 3 is 2.46 bits per heavy atom. The average Bonchev–Trinajstić information content (AvgIpc) is 3.00. The van der Waals surface area contributed by atoms with Crippen molar-refractivity contribution in [3.63, 3.8) is 0 Å². The van der Waals surface area contributed by atoms with Crippen molar-refractivity contribution >= 4 is 38.0 Å². The zero-order chi connectivity index (χ0) is 19.6. The van der Waals surface area contributed by atoms with Crippen molar-refractivity contribution in [1.29, 1.82) is 0 Å². The lowest BCUT2D eigenvalue weighted by molar-refractivity contribution is 0.376. The van der Waals surface area contributed by atoms with Gasteiger partial charge in [0.2, 0.25) is 0 Å². The first-order valence-electron chi connectivity index (χ1n) is 9.45. The van der Waals surface area contributed by atoms with Gasteiger partial charge in [0.05, 0.1) is 16.4 Å². The summed E-state index contributed by atoms with van der Waals surface area (Å²) >= 11 is 0. The molecule has 5 heteroatoms. The molecule has 0 aliphatic carbocycles. The minimum atomic E-state index is -0.265. The second kappa shape index (κ2) is 5.91. The van der Waals surface area contributed by atoms with E-state index in [9.17, 15) is 9.59 Å². The minimum Gasteiger partial charge on any atom is -0.308 e. The molecule has 140 valence electrons. The number of likely N-dealkylation sites (N-methyl/N-ethyl adjacent to an activating group) is 1. The van der Waals surface area contributed by atoms with Gasteiger partial charge in [0, 0.05) is 23.9 Å². The number of benzene rings is 3. The van der Waals surface area contributed by atoms with Gasteiger partial charge in [-0.15, -0.1) is 0 Å². The van der Waals surface area contributed by atoms with E-state index in [2.05, 4.69) is 18.2 Å². The van der Waals surface area contributed by atoms with Gasteiger partial charge in [-0.25, -0.2) is 4.79 Å². The molecule has 0 N–H and O–H groups in total. The monoisotopic (exact) mass is 371 g/mol. The first-order valence-corrected chi connectivity index (χ1v) is 9.45. The molecule has 0 radical (unpaired) electrons. The number of fused-ring (bicyclic) bond motifs is 5. The molecule has 5 aromatic rings.